The predicted molar refractivity (Wildman–Crippen MR) is 93.1 cm³/mol. The molecule has 0 spiro atoms. The molecule has 0 aliphatic carbocycles. The molecule has 1 fully saturated rings. The van der Waals surface area contributed by atoms with Crippen LogP contribution < -0.4 is 0 Å². The van der Waals surface area contributed by atoms with Crippen molar-refractivity contribution in [3.05, 3.63) is 33.6 Å². The Bertz CT molecular complexity index is 696. The molecule has 1 saturated heterocycles. The standard InChI is InChI=1S/C17H24N4O2S/c1-4-15-14(7-19-23-15)17(22)21-6-5-13(9-21)8-20(3)10-16-12(2)18-11-24-16/h7,11,13H,4-6,8-10H2,1-3H3. The summed E-state index contributed by atoms with van der Waals surface area (Å²) in [7, 11) is 2.14. The highest BCUT2D eigenvalue weighted by molar-refractivity contribution is 7.09. The van der Waals surface area contributed by atoms with Gasteiger partial charge in [-0.2, -0.15) is 0 Å². The lowest BCUT2D eigenvalue weighted by Crippen LogP contribution is -2.31. The Balaban J connectivity index is 1.53. The summed E-state index contributed by atoms with van der Waals surface area (Å²) < 4.78 is 5.15. The second kappa shape index (κ2) is 7.44. The Hall–Kier alpha value is -1.73. The van der Waals surface area contributed by atoms with Crippen molar-refractivity contribution in [1.29, 1.82) is 0 Å². The molecule has 130 valence electrons. The monoisotopic (exact) mass is 348 g/mol. The quantitative estimate of drug-likeness (QED) is 0.803. The molecule has 1 aliphatic heterocycles. The molecule has 0 N–H and O–H groups in total. The van der Waals surface area contributed by atoms with Crippen LogP contribution in [0.1, 0.15) is 40.0 Å². The molecule has 0 bridgehead atoms. The average Bonchev–Trinajstić information content (AvgIpc) is 3.28. The number of thiazole rings is 1. The van der Waals surface area contributed by atoms with Crippen LogP contribution in [0.3, 0.4) is 0 Å². The van der Waals surface area contributed by atoms with Gasteiger partial charge in [0.05, 0.1) is 17.4 Å². The molecule has 1 atom stereocenters. The van der Waals surface area contributed by atoms with Crippen molar-refractivity contribution in [1.82, 2.24) is 19.9 Å². The van der Waals surface area contributed by atoms with E-state index >= 15 is 0 Å². The lowest BCUT2D eigenvalue weighted by molar-refractivity contribution is 0.0782. The van der Waals surface area contributed by atoms with Crippen molar-refractivity contribution in [3.8, 4) is 0 Å². The third kappa shape index (κ3) is 3.67. The maximum Gasteiger partial charge on any atom is 0.259 e. The molecule has 2 aromatic heterocycles. The number of nitrogens with zero attached hydrogens (tertiary/aromatic N) is 4. The Morgan fingerprint density at radius 1 is 1.54 bits per heavy atom. The third-order valence-corrected chi connectivity index (χ3v) is 5.52. The van der Waals surface area contributed by atoms with Gasteiger partial charge in [-0.1, -0.05) is 12.1 Å². The smallest absolute Gasteiger partial charge is 0.259 e. The number of aromatic nitrogens is 2. The molecule has 0 saturated carbocycles. The zero-order valence-corrected chi connectivity index (χ0v) is 15.3. The zero-order chi connectivity index (χ0) is 17.1. The Labute approximate surface area is 146 Å². The molecule has 6 nitrogen and oxygen atoms in total. The molecule has 3 heterocycles. The number of carbonyl (C=O) groups excluding carboxylic acids is 1. The summed E-state index contributed by atoms with van der Waals surface area (Å²) in [6, 6.07) is 0. The Morgan fingerprint density at radius 2 is 2.38 bits per heavy atom. The van der Waals surface area contributed by atoms with E-state index in [0.717, 1.165) is 38.3 Å². The van der Waals surface area contributed by atoms with Crippen molar-refractivity contribution < 1.29 is 9.32 Å². The molecule has 0 aromatic carbocycles. The van der Waals surface area contributed by atoms with E-state index in [4.69, 9.17) is 4.52 Å². The number of hydrogen-bond acceptors (Lipinski definition) is 6. The minimum absolute atomic E-state index is 0.0524. The van der Waals surface area contributed by atoms with E-state index < -0.39 is 0 Å². The van der Waals surface area contributed by atoms with Crippen molar-refractivity contribution in [2.75, 3.05) is 26.7 Å². The first-order valence-corrected chi connectivity index (χ1v) is 9.26. The van der Waals surface area contributed by atoms with Crippen molar-refractivity contribution in [3.63, 3.8) is 0 Å². The fourth-order valence-corrected chi connectivity index (χ4v) is 4.11. The summed E-state index contributed by atoms with van der Waals surface area (Å²) in [6.07, 6.45) is 3.28. The minimum atomic E-state index is 0.0524. The van der Waals surface area contributed by atoms with Crippen LogP contribution >= 0.6 is 11.3 Å². The van der Waals surface area contributed by atoms with Gasteiger partial charge in [0, 0.05) is 37.5 Å². The maximum absolute atomic E-state index is 12.6. The highest BCUT2D eigenvalue weighted by Crippen LogP contribution is 2.22. The highest BCUT2D eigenvalue weighted by atomic mass is 32.1. The van der Waals surface area contributed by atoms with Gasteiger partial charge in [-0.25, -0.2) is 4.98 Å². The van der Waals surface area contributed by atoms with Crippen LogP contribution in [-0.2, 0) is 13.0 Å². The Morgan fingerprint density at radius 3 is 3.08 bits per heavy atom. The number of carbonyl (C=O) groups is 1. The van der Waals surface area contributed by atoms with Gasteiger partial charge in [0.2, 0.25) is 0 Å². The number of likely N-dealkylation sites (tertiary alicyclic amines) is 1. The first-order valence-electron chi connectivity index (χ1n) is 8.38. The van der Waals surface area contributed by atoms with E-state index in [-0.39, 0.29) is 5.91 Å². The zero-order valence-electron chi connectivity index (χ0n) is 14.5. The molecule has 2 aromatic rings. The molecular weight excluding hydrogens is 324 g/mol. The topological polar surface area (TPSA) is 62.5 Å². The van der Waals surface area contributed by atoms with Crippen molar-refractivity contribution >= 4 is 17.2 Å². The fourth-order valence-electron chi connectivity index (χ4n) is 3.26. The normalized spacial score (nSPS) is 17.8. The van der Waals surface area contributed by atoms with Gasteiger partial charge < -0.3 is 14.3 Å². The van der Waals surface area contributed by atoms with Crippen LogP contribution in [0.15, 0.2) is 16.2 Å². The van der Waals surface area contributed by atoms with E-state index in [2.05, 4.69) is 29.0 Å². The summed E-state index contributed by atoms with van der Waals surface area (Å²) in [5.74, 6) is 1.25. The van der Waals surface area contributed by atoms with Crippen LogP contribution in [-0.4, -0.2) is 52.5 Å². The maximum atomic E-state index is 12.6. The Kier molecular flexibility index (Phi) is 5.30. The first kappa shape index (κ1) is 17.1. The largest absolute Gasteiger partial charge is 0.361 e. The summed E-state index contributed by atoms with van der Waals surface area (Å²) in [5.41, 5.74) is 3.64. The van der Waals surface area contributed by atoms with Crippen LogP contribution in [0.4, 0.5) is 0 Å². The second-order valence-corrected chi connectivity index (χ2v) is 7.42. The van der Waals surface area contributed by atoms with E-state index in [1.54, 1.807) is 17.5 Å². The molecule has 7 heteroatoms. The average molecular weight is 348 g/mol. The summed E-state index contributed by atoms with van der Waals surface area (Å²) in [6.45, 7) is 7.56. The highest BCUT2D eigenvalue weighted by Gasteiger charge is 2.29. The lowest BCUT2D eigenvalue weighted by Gasteiger charge is -2.21. The van der Waals surface area contributed by atoms with Crippen LogP contribution in [0.5, 0.6) is 0 Å². The van der Waals surface area contributed by atoms with Crippen LogP contribution in [0.2, 0.25) is 0 Å². The van der Waals surface area contributed by atoms with Gasteiger partial charge in [-0.3, -0.25) is 4.79 Å². The van der Waals surface area contributed by atoms with Crippen molar-refractivity contribution in [2.45, 2.75) is 33.2 Å². The van der Waals surface area contributed by atoms with Gasteiger partial charge in [0.15, 0.2) is 0 Å². The van der Waals surface area contributed by atoms with E-state index in [1.165, 1.54) is 4.88 Å². The van der Waals surface area contributed by atoms with Gasteiger partial charge >= 0.3 is 0 Å². The predicted octanol–water partition coefficient (Wildman–Crippen LogP) is 2.60. The lowest BCUT2D eigenvalue weighted by atomic mass is 10.1. The second-order valence-electron chi connectivity index (χ2n) is 6.48. The summed E-state index contributed by atoms with van der Waals surface area (Å²) >= 11 is 1.71. The molecule has 24 heavy (non-hydrogen) atoms. The number of hydrogen-bond donors (Lipinski definition) is 0. The summed E-state index contributed by atoms with van der Waals surface area (Å²) in [5, 5.41) is 3.77. The molecule has 3 rings (SSSR count). The van der Waals surface area contributed by atoms with Crippen LogP contribution in [0.25, 0.3) is 0 Å². The van der Waals surface area contributed by atoms with Crippen molar-refractivity contribution in [2.24, 2.45) is 5.92 Å². The number of amides is 1. The molecule has 1 unspecified atom stereocenters. The summed E-state index contributed by atoms with van der Waals surface area (Å²) in [4.78, 5) is 22.5. The van der Waals surface area contributed by atoms with E-state index in [0.29, 0.717) is 23.7 Å². The van der Waals surface area contributed by atoms with Gasteiger partial charge in [-0.15, -0.1) is 11.3 Å². The minimum Gasteiger partial charge on any atom is -0.361 e. The third-order valence-electron chi connectivity index (χ3n) is 4.60. The fraction of sp³-hybridized carbons (Fsp3) is 0.588. The van der Waals surface area contributed by atoms with Crippen LogP contribution in [0, 0.1) is 12.8 Å². The van der Waals surface area contributed by atoms with E-state index in [9.17, 15) is 4.79 Å². The van der Waals surface area contributed by atoms with E-state index in [1.807, 2.05) is 17.3 Å². The molecule has 1 amide bonds. The van der Waals surface area contributed by atoms with Gasteiger partial charge in [-0.05, 0) is 26.3 Å². The number of rotatable bonds is 6. The SMILES string of the molecule is CCc1oncc1C(=O)N1CCC(CN(C)Cc2scnc2C)C1. The number of aryl methyl sites for hydroxylation is 2. The molecule has 0 radical (unpaired) electrons. The molecule has 1 aliphatic rings. The molecular formula is C17H24N4O2S. The first-order chi connectivity index (χ1) is 11.6. The van der Waals surface area contributed by atoms with Gasteiger partial charge in [0.1, 0.15) is 11.3 Å². The van der Waals surface area contributed by atoms with Gasteiger partial charge in [0.25, 0.3) is 5.91 Å².